The Morgan fingerprint density at radius 2 is 1.54 bits per heavy atom. The van der Waals surface area contributed by atoms with Crippen LogP contribution in [0, 0.1) is 50.2 Å². The Morgan fingerprint density at radius 1 is 0.872 bits per heavy atom. The van der Waals surface area contributed by atoms with Gasteiger partial charge in [-0.1, -0.05) is 60.1 Å². The summed E-state index contributed by atoms with van der Waals surface area (Å²) in [6.07, 6.45) is 12.9. The van der Waals surface area contributed by atoms with Crippen molar-refractivity contribution in [2.24, 2.45) is 50.2 Å². The summed E-state index contributed by atoms with van der Waals surface area (Å²) < 4.78 is 18.5. The first-order chi connectivity index (χ1) is 18.2. The first-order valence-electron chi connectivity index (χ1n) is 16.2. The van der Waals surface area contributed by atoms with Crippen molar-refractivity contribution >= 4 is 5.97 Å². The van der Waals surface area contributed by atoms with Crippen molar-refractivity contribution in [2.45, 2.75) is 132 Å². The molecule has 0 N–H and O–H groups in total. The van der Waals surface area contributed by atoms with Crippen molar-refractivity contribution < 1.29 is 19.0 Å². The van der Waals surface area contributed by atoms with E-state index in [0.717, 1.165) is 58.2 Å². The van der Waals surface area contributed by atoms with Crippen LogP contribution >= 0.6 is 0 Å². The topological polar surface area (TPSA) is 44.8 Å². The molecule has 5 aliphatic carbocycles. The predicted octanol–water partition coefficient (Wildman–Crippen LogP) is 8.38. The normalized spacial score (nSPS) is 48.1. The Balaban J connectivity index is 1.58. The lowest BCUT2D eigenvalue weighted by atomic mass is 9.33. The molecule has 0 aromatic carbocycles. The van der Waals surface area contributed by atoms with Crippen molar-refractivity contribution in [1.82, 2.24) is 0 Å². The highest BCUT2D eigenvalue weighted by atomic mass is 16.5. The zero-order valence-corrected chi connectivity index (χ0v) is 26.9. The number of methoxy groups -OCH3 is 1. The molecule has 0 aromatic rings. The monoisotopic (exact) mass is 542 g/mol. The van der Waals surface area contributed by atoms with E-state index < -0.39 is 0 Å². The molecule has 0 bridgehead atoms. The maximum atomic E-state index is 13.5. The largest absolute Gasteiger partial charge is 0.469 e. The molecule has 4 heteroatoms. The second kappa shape index (κ2) is 9.58. The molecule has 5 aliphatic rings. The number of esters is 1. The number of rotatable bonds is 5. The van der Waals surface area contributed by atoms with Gasteiger partial charge < -0.3 is 14.2 Å². The lowest BCUT2D eigenvalue weighted by Crippen LogP contribution is -2.67. The minimum absolute atomic E-state index is 0.0458. The van der Waals surface area contributed by atoms with Crippen LogP contribution in [-0.4, -0.2) is 38.5 Å². The molecule has 0 aliphatic heterocycles. The zero-order chi connectivity index (χ0) is 28.6. The van der Waals surface area contributed by atoms with E-state index in [1.165, 1.54) is 12.8 Å². The number of hydrogen-bond acceptors (Lipinski definition) is 4. The molecule has 4 fully saturated rings. The fourth-order valence-electron chi connectivity index (χ4n) is 11.8. The van der Waals surface area contributed by atoms with E-state index in [9.17, 15) is 4.79 Å². The van der Waals surface area contributed by atoms with Crippen molar-refractivity contribution in [1.29, 1.82) is 0 Å². The SMILES string of the molecule is CCO[C@@H]1C[C@@]2(C)C(CC[C@]3(C)C2CC=C2C4CC(C)(C)CC[C@]4(C(=O)OC)CC[C@]23C)C(C)(C)[C@H]1OCC. The second-order valence-corrected chi connectivity index (χ2v) is 16.3. The van der Waals surface area contributed by atoms with Crippen molar-refractivity contribution in [2.75, 3.05) is 20.3 Å². The summed E-state index contributed by atoms with van der Waals surface area (Å²) in [4.78, 5) is 13.5. The summed E-state index contributed by atoms with van der Waals surface area (Å²) >= 11 is 0. The molecule has 0 saturated heterocycles. The molecule has 0 amide bonds. The standard InChI is InChI=1S/C35H58O4/c1-11-38-25-22-32(7)26(31(5,6)28(25)39-12-2)15-16-34(9)27(32)14-13-23-24-21-30(3,4)17-19-35(24,29(36)37-10)20-18-33(23,34)8/h13,24-28H,11-12,14-22H2,1-10H3/t24?,25-,26?,27?,28+,32+,33-,34-,35+/m1/s1. The maximum absolute atomic E-state index is 13.5. The Hall–Kier alpha value is -0.870. The molecule has 4 nitrogen and oxygen atoms in total. The van der Waals surface area contributed by atoms with Gasteiger partial charge in [-0.05, 0) is 116 Å². The lowest BCUT2D eigenvalue weighted by Gasteiger charge is -2.71. The molecule has 0 heterocycles. The van der Waals surface area contributed by atoms with Gasteiger partial charge in [0.25, 0.3) is 0 Å². The highest BCUT2D eigenvalue weighted by molar-refractivity contribution is 5.78. The van der Waals surface area contributed by atoms with Gasteiger partial charge in [-0.25, -0.2) is 0 Å². The van der Waals surface area contributed by atoms with Crippen LogP contribution in [0.15, 0.2) is 11.6 Å². The molecule has 4 saturated carbocycles. The average Bonchev–Trinajstić information content (AvgIpc) is 2.86. The van der Waals surface area contributed by atoms with Gasteiger partial charge in [0.15, 0.2) is 0 Å². The fraction of sp³-hybridized carbons (Fsp3) is 0.914. The number of allylic oxidation sites excluding steroid dienone is 2. The predicted molar refractivity (Wildman–Crippen MR) is 157 cm³/mol. The molecular weight excluding hydrogens is 484 g/mol. The molecule has 5 rings (SSSR count). The van der Waals surface area contributed by atoms with Crippen LogP contribution in [0.3, 0.4) is 0 Å². The van der Waals surface area contributed by atoms with Crippen LogP contribution in [0.5, 0.6) is 0 Å². The number of carbonyl (C=O) groups is 1. The van der Waals surface area contributed by atoms with Crippen LogP contribution in [0.2, 0.25) is 0 Å². The highest BCUT2D eigenvalue weighted by Crippen LogP contribution is 2.76. The number of carbonyl (C=O) groups excluding carboxylic acids is 1. The molecule has 222 valence electrons. The van der Waals surface area contributed by atoms with Crippen LogP contribution in [0.25, 0.3) is 0 Å². The average molecular weight is 543 g/mol. The second-order valence-electron chi connectivity index (χ2n) is 16.3. The van der Waals surface area contributed by atoms with Gasteiger partial charge in [0, 0.05) is 13.2 Å². The Labute approximate surface area is 239 Å². The van der Waals surface area contributed by atoms with Crippen LogP contribution in [0.1, 0.15) is 120 Å². The highest BCUT2D eigenvalue weighted by Gasteiger charge is 2.70. The smallest absolute Gasteiger partial charge is 0.312 e. The third-order valence-electron chi connectivity index (χ3n) is 13.8. The van der Waals surface area contributed by atoms with Gasteiger partial charge in [-0.15, -0.1) is 0 Å². The summed E-state index contributed by atoms with van der Waals surface area (Å²) in [5, 5.41) is 0. The summed E-state index contributed by atoms with van der Waals surface area (Å²) in [5.41, 5.74) is 2.11. The summed E-state index contributed by atoms with van der Waals surface area (Å²) in [5.74, 6) is 1.56. The van der Waals surface area contributed by atoms with Crippen molar-refractivity contribution in [3.63, 3.8) is 0 Å². The number of ether oxygens (including phenoxy) is 3. The maximum Gasteiger partial charge on any atom is 0.312 e. The van der Waals surface area contributed by atoms with Crippen LogP contribution < -0.4 is 0 Å². The zero-order valence-electron chi connectivity index (χ0n) is 26.9. The fourth-order valence-corrected chi connectivity index (χ4v) is 11.8. The molecule has 0 aromatic heterocycles. The first kappa shape index (κ1) is 29.6. The molecule has 39 heavy (non-hydrogen) atoms. The Bertz CT molecular complexity index is 997. The summed E-state index contributed by atoms with van der Waals surface area (Å²) in [6, 6.07) is 0. The molecule has 0 spiro atoms. The molecule has 3 unspecified atom stereocenters. The minimum Gasteiger partial charge on any atom is -0.469 e. The van der Waals surface area contributed by atoms with Crippen LogP contribution in [0.4, 0.5) is 0 Å². The Kier molecular flexibility index (Phi) is 7.27. The quantitative estimate of drug-likeness (QED) is 0.258. The van der Waals surface area contributed by atoms with Gasteiger partial charge >= 0.3 is 5.97 Å². The molecule has 9 atom stereocenters. The molecular formula is C35H58O4. The Morgan fingerprint density at radius 3 is 2.18 bits per heavy atom. The van der Waals surface area contributed by atoms with Gasteiger partial charge in [0.2, 0.25) is 0 Å². The van der Waals surface area contributed by atoms with Gasteiger partial charge in [0.1, 0.15) is 0 Å². The van der Waals surface area contributed by atoms with Gasteiger partial charge in [-0.2, -0.15) is 0 Å². The first-order valence-corrected chi connectivity index (χ1v) is 16.2. The van der Waals surface area contributed by atoms with Gasteiger partial charge in [0.05, 0.1) is 24.7 Å². The summed E-state index contributed by atoms with van der Waals surface area (Å²) in [6.45, 7) is 23.3. The molecule has 0 radical (unpaired) electrons. The van der Waals surface area contributed by atoms with Gasteiger partial charge in [-0.3, -0.25) is 4.79 Å². The minimum atomic E-state index is -0.336. The third kappa shape index (κ3) is 3.99. The van der Waals surface area contributed by atoms with E-state index in [4.69, 9.17) is 14.2 Å². The van der Waals surface area contributed by atoms with Crippen molar-refractivity contribution in [3.8, 4) is 0 Å². The van der Waals surface area contributed by atoms with E-state index in [2.05, 4.69) is 68.4 Å². The number of fused-ring (bicyclic) bond motifs is 7. The summed E-state index contributed by atoms with van der Waals surface area (Å²) in [7, 11) is 1.60. The van der Waals surface area contributed by atoms with E-state index >= 15 is 0 Å². The van der Waals surface area contributed by atoms with Crippen molar-refractivity contribution in [3.05, 3.63) is 11.6 Å². The van der Waals surface area contributed by atoms with E-state index in [-0.39, 0.29) is 50.7 Å². The van der Waals surface area contributed by atoms with E-state index in [0.29, 0.717) is 17.8 Å². The number of hydrogen-bond donors (Lipinski definition) is 0. The third-order valence-corrected chi connectivity index (χ3v) is 13.8. The van der Waals surface area contributed by atoms with E-state index in [1.807, 2.05) is 0 Å². The van der Waals surface area contributed by atoms with E-state index in [1.54, 1.807) is 12.7 Å². The van der Waals surface area contributed by atoms with Crippen LogP contribution in [-0.2, 0) is 19.0 Å². The lowest BCUT2D eigenvalue weighted by molar-refractivity contribution is -0.248.